The molecule has 0 saturated carbocycles. The highest BCUT2D eigenvalue weighted by molar-refractivity contribution is 5.78. The molecule has 2 aromatic rings. The van der Waals surface area contributed by atoms with Crippen molar-refractivity contribution in [2.75, 3.05) is 19.6 Å². The summed E-state index contributed by atoms with van der Waals surface area (Å²) in [7, 11) is 0. The number of nitrogens with zero attached hydrogens (tertiary/aromatic N) is 2. The number of hydroxylamine groups is 1. The third-order valence-corrected chi connectivity index (χ3v) is 5.23. The third-order valence-electron chi connectivity index (χ3n) is 5.23. The second-order valence-corrected chi connectivity index (χ2v) is 7.23. The first kappa shape index (κ1) is 17.3. The van der Waals surface area contributed by atoms with E-state index in [9.17, 15) is 9.59 Å². The maximum absolute atomic E-state index is 12.3. The van der Waals surface area contributed by atoms with E-state index in [-0.39, 0.29) is 29.9 Å². The Morgan fingerprint density at radius 2 is 2.08 bits per heavy atom. The molecular weight excluding hydrogens is 334 g/mol. The zero-order valence-corrected chi connectivity index (χ0v) is 14.9. The summed E-state index contributed by atoms with van der Waals surface area (Å²) in [5.41, 5.74) is 4.61. The predicted molar refractivity (Wildman–Crippen MR) is 97.5 cm³/mol. The number of hydrogen-bond acceptors (Lipinski definition) is 5. The van der Waals surface area contributed by atoms with Crippen LogP contribution < -0.4 is 16.5 Å². The van der Waals surface area contributed by atoms with Crippen LogP contribution in [0.2, 0.25) is 0 Å². The third kappa shape index (κ3) is 3.53. The molecule has 2 fully saturated rings. The lowest BCUT2D eigenvalue weighted by molar-refractivity contribution is -0.123. The highest BCUT2D eigenvalue weighted by atomic mass is 16.7. The number of rotatable bonds is 4. The molecule has 0 bridgehead atoms. The quantitative estimate of drug-likeness (QED) is 0.748. The lowest BCUT2D eigenvalue weighted by Gasteiger charge is -2.32. The summed E-state index contributed by atoms with van der Waals surface area (Å²) in [5, 5.41) is 2.95. The maximum Gasteiger partial charge on any atom is 0.326 e. The van der Waals surface area contributed by atoms with Crippen LogP contribution in [0.5, 0.6) is 0 Å². The zero-order valence-electron chi connectivity index (χ0n) is 14.9. The summed E-state index contributed by atoms with van der Waals surface area (Å²) in [5.74, 6) is 0.00270. The van der Waals surface area contributed by atoms with Gasteiger partial charge in [-0.1, -0.05) is 12.1 Å². The van der Waals surface area contributed by atoms with Crippen LogP contribution in [0.3, 0.4) is 0 Å². The summed E-state index contributed by atoms with van der Waals surface area (Å²) in [6.07, 6.45) is 2.50. The van der Waals surface area contributed by atoms with Gasteiger partial charge in [0.05, 0.1) is 23.7 Å². The highest BCUT2D eigenvalue weighted by Crippen LogP contribution is 2.24. The van der Waals surface area contributed by atoms with E-state index in [1.54, 1.807) is 0 Å². The molecule has 2 atom stereocenters. The van der Waals surface area contributed by atoms with Crippen LogP contribution in [-0.2, 0) is 9.63 Å². The number of carbonyl (C=O) groups is 1. The van der Waals surface area contributed by atoms with Gasteiger partial charge in [0.25, 0.3) is 0 Å². The molecule has 1 aromatic carbocycles. The largest absolute Gasteiger partial charge is 0.338 e. The van der Waals surface area contributed by atoms with Crippen molar-refractivity contribution in [3.8, 4) is 0 Å². The van der Waals surface area contributed by atoms with Gasteiger partial charge in [-0.05, 0) is 31.9 Å². The number of likely N-dealkylation sites (tertiary alicyclic amines) is 1. The van der Waals surface area contributed by atoms with Crippen molar-refractivity contribution in [3.63, 3.8) is 0 Å². The number of aromatic amines is 1. The van der Waals surface area contributed by atoms with Crippen LogP contribution in [0.1, 0.15) is 32.2 Å². The minimum absolute atomic E-state index is 0.00270. The van der Waals surface area contributed by atoms with Gasteiger partial charge in [-0.2, -0.15) is 5.48 Å². The van der Waals surface area contributed by atoms with Crippen molar-refractivity contribution < 1.29 is 9.63 Å². The van der Waals surface area contributed by atoms with E-state index in [0.29, 0.717) is 6.54 Å². The summed E-state index contributed by atoms with van der Waals surface area (Å²) >= 11 is 0. The number of piperidine rings is 1. The monoisotopic (exact) mass is 359 g/mol. The van der Waals surface area contributed by atoms with Gasteiger partial charge in [-0.3, -0.25) is 19.1 Å². The minimum atomic E-state index is -0.111. The molecule has 0 radical (unpaired) electrons. The molecule has 4 rings (SSSR count). The van der Waals surface area contributed by atoms with Gasteiger partial charge in [0.2, 0.25) is 5.91 Å². The maximum atomic E-state index is 12.3. The molecule has 2 unspecified atom stereocenters. The molecule has 2 aliphatic heterocycles. The smallest absolute Gasteiger partial charge is 0.326 e. The average molecular weight is 359 g/mol. The fourth-order valence-electron chi connectivity index (χ4n) is 3.93. The van der Waals surface area contributed by atoms with Crippen molar-refractivity contribution in [2.24, 2.45) is 0 Å². The van der Waals surface area contributed by atoms with E-state index >= 15 is 0 Å². The molecular formula is C18H25N5O3. The van der Waals surface area contributed by atoms with E-state index in [1.807, 2.05) is 35.8 Å². The number of aromatic nitrogens is 2. The van der Waals surface area contributed by atoms with Gasteiger partial charge >= 0.3 is 5.69 Å². The van der Waals surface area contributed by atoms with Crippen molar-refractivity contribution in [1.82, 2.24) is 25.2 Å². The van der Waals surface area contributed by atoms with Gasteiger partial charge in [0.1, 0.15) is 6.17 Å². The lowest BCUT2D eigenvalue weighted by Crippen LogP contribution is -2.47. The fraction of sp³-hybridized carbons (Fsp3) is 0.556. The molecule has 2 aliphatic rings. The fourth-order valence-corrected chi connectivity index (χ4v) is 3.93. The average Bonchev–Trinajstić information content (AvgIpc) is 3.17. The van der Waals surface area contributed by atoms with Crippen LogP contribution >= 0.6 is 0 Å². The number of hydrogen-bond donors (Lipinski definition) is 3. The Balaban J connectivity index is 1.33. The van der Waals surface area contributed by atoms with Crippen molar-refractivity contribution >= 4 is 16.9 Å². The molecule has 3 heterocycles. The molecule has 140 valence electrons. The zero-order chi connectivity index (χ0) is 18.1. The first-order valence-corrected chi connectivity index (χ1v) is 9.22. The molecule has 26 heavy (non-hydrogen) atoms. The number of amides is 1. The molecule has 0 spiro atoms. The molecule has 8 heteroatoms. The predicted octanol–water partition coefficient (Wildman–Crippen LogP) is 0.722. The number of imidazole rings is 1. The number of carbonyl (C=O) groups excluding carboxylic acids is 1. The van der Waals surface area contributed by atoms with Crippen LogP contribution in [-0.4, -0.2) is 52.3 Å². The van der Waals surface area contributed by atoms with Gasteiger partial charge in [0, 0.05) is 25.6 Å². The standard InChI is InChI=1S/C18H25N5O3/c1-12-10-16(21-26-12)20-17(24)11-22-8-6-13(7-9-22)23-15-5-3-2-4-14(15)19-18(23)25/h2-5,12-13,16,21H,6-11H2,1H3,(H,19,25)(H,20,24). The van der Waals surface area contributed by atoms with Gasteiger partial charge < -0.3 is 10.3 Å². The van der Waals surface area contributed by atoms with E-state index in [1.165, 1.54) is 0 Å². The Kier molecular flexibility index (Phi) is 4.80. The summed E-state index contributed by atoms with van der Waals surface area (Å²) in [6, 6.07) is 7.95. The molecule has 3 N–H and O–H groups in total. The van der Waals surface area contributed by atoms with Crippen LogP contribution in [0.15, 0.2) is 29.1 Å². The van der Waals surface area contributed by atoms with E-state index in [2.05, 4.69) is 20.7 Å². The Hall–Kier alpha value is -2.16. The normalized spacial score (nSPS) is 25.0. The Labute approximate surface area is 151 Å². The Bertz CT molecular complexity index is 837. The molecule has 1 amide bonds. The topological polar surface area (TPSA) is 91.4 Å². The van der Waals surface area contributed by atoms with E-state index in [0.717, 1.165) is 43.4 Å². The van der Waals surface area contributed by atoms with Crippen LogP contribution in [0.25, 0.3) is 11.0 Å². The van der Waals surface area contributed by atoms with E-state index in [4.69, 9.17) is 4.84 Å². The Morgan fingerprint density at radius 1 is 1.31 bits per heavy atom. The molecule has 2 saturated heterocycles. The molecule has 8 nitrogen and oxygen atoms in total. The van der Waals surface area contributed by atoms with Gasteiger partial charge in [-0.25, -0.2) is 4.79 Å². The number of fused-ring (bicyclic) bond motifs is 1. The lowest BCUT2D eigenvalue weighted by atomic mass is 10.0. The SMILES string of the molecule is CC1CC(NC(=O)CN2CCC(n3c(=O)[nH]c4ccccc43)CC2)NO1. The first-order chi connectivity index (χ1) is 12.6. The van der Waals surface area contributed by atoms with Crippen molar-refractivity contribution in [1.29, 1.82) is 0 Å². The van der Waals surface area contributed by atoms with Crippen molar-refractivity contribution in [2.45, 2.75) is 44.5 Å². The van der Waals surface area contributed by atoms with Gasteiger partial charge in [-0.15, -0.1) is 0 Å². The summed E-state index contributed by atoms with van der Waals surface area (Å²) in [6.45, 7) is 3.95. The second-order valence-electron chi connectivity index (χ2n) is 7.23. The highest BCUT2D eigenvalue weighted by Gasteiger charge is 2.27. The van der Waals surface area contributed by atoms with E-state index < -0.39 is 0 Å². The number of benzene rings is 1. The van der Waals surface area contributed by atoms with Gasteiger partial charge in [0.15, 0.2) is 0 Å². The second kappa shape index (κ2) is 7.22. The molecule has 1 aromatic heterocycles. The Morgan fingerprint density at radius 3 is 2.81 bits per heavy atom. The summed E-state index contributed by atoms with van der Waals surface area (Å²) < 4.78 is 1.87. The molecule has 0 aliphatic carbocycles. The van der Waals surface area contributed by atoms with Crippen molar-refractivity contribution in [3.05, 3.63) is 34.7 Å². The summed E-state index contributed by atoms with van der Waals surface area (Å²) in [4.78, 5) is 34.8. The number of H-pyrrole nitrogens is 1. The first-order valence-electron chi connectivity index (χ1n) is 9.22. The number of nitrogens with one attached hydrogen (secondary N) is 3. The minimum Gasteiger partial charge on any atom is -0.338 e. The number of para-hydroxylation sites is 2. The van der Waals surface area contributed by atoms with Crippen LogP contribution in [0, 0.1) is 0 Å². The van der Waals surface area contributed by atoms with Crippen LogP contribution in [0.4, 0.5) is 0 Å².